The number of alkyl halides is 2. The van der Waals surface area contributed by atoms with Crippen molar-refractivity contribution in [3.8, 4) is 0 Å². The average Bonchev–Trinajstić information content (AvgIpc) is 2.74. The van der Waals surface area contributed by atoms with Gasteiger partial charge in [-0.15, -0.1) is 0 Å². The maximum Gasteiger partial charge on any atom is 0.294 e. The Labute approximate surface area is 124 Å². The number of amides is 1. The summed E-state index contributed by atoms with van der Waals surface area (Å²) in [5, 5.41) is 24.8. The van der Waals surface area contributed by atoms with E-state index in [0.717, 1.165) is 12.1 Å². The van der Waals surface area contributed by atoms with Crippen molar-refractivity contribution in [1.82, 2.24) is 5.01 Å². The molecule has 0 aliphatic carbocycles. The van der Waals surface area contributed by atoms with Crippen LogP contribution in [-0.2, 0) is 0 Å². The van der Waals surface area contributed by atoms with E-state index >= 15 is 0 Å². The summed E-state index contributed by atoms with van der Waals surface area (Å²) in [7, 11) is 0. The summed E-state index contributed by atoms with van der Waals surface area (Å²) < 4.78 is 27.4. The van der Waals surface area contributed by atoms with Crippen LogP contribution in [-0.4, -0.2) is 38.3 Å². The number of nitro benzene ring substituents is 1. The molecule has 1 amide bonds. The highest BCUT2D eigenvalue weighted by atomic mass is 19.3. The van der Waals surface area contributed by atoms with E-state index in [-0.39, 0.29) is 17.0 Å². The van der Waals surface area contributed by atoms with Crippen molar-refractivity contribution in [2.75, 3.05) is 0 Å². The van der Waals surface area contributed by atoms with Crippen molar-refractivity contribution >= 4 is 17.3 Å². The Morgan fingerprint density at radius 1 is 1.55 bits per heavy atom. The zero-order chi connectivity index (χ0) is 16.7. The molecular weight excluding hydrogens is 300 g/mol. The highest BCUT2D eigenvalue weighted by molar-refractivity contribution is 5.98. The van der Waals surface area contributed by atoms with E-state index < -0.39 is 28.9 Å². The first-order valence-electron chi connectivity index (χ1n) is 6.29. The van der Waals surface area contributed by atoms with E-state index in [0.29, 0.717) is 11.9 Å². The number of rotatable bonds is 3. The number of hydrogen-bond donors (Lipinski definition) is 1. The molecule has 0 spiro atoms. The lowest BCUT2D eigenvalue weighted by atomic mass is 10.0. The van der Waals surface area contributed by atoms with Gasteiger partial charge >= 0.3 is 0 Å². The monoisotopic (exact) mass is 313 g/mol. The molecule has 1 aliphatic heterocycles. The Morgan fingerprint density at radius 3 is 2.73 bits per heavy atom. The van der Waals surface area contributed by atoms with Crippen LogP contribution in [0, 0.1) is 10.1 Å². The minimum atomic E-state index is -3.62. The number of hydrogen-bond acceptors (Lipinski definition) is 5. The van der Waals surface area contributed by atoms with E-state index in [1.165, 1.54) is 19.1 Å². The molecule has 1 aromatic carbocycles. The summed E-state index contributed by atoms with van der Waals surface area (Å²) in [6, 6.07) is 4.59. The quantitative estimate of drug-likeness (QED) is 0.683. The molecule has 22 heavy (non-hydrogen) atoms. The van der Waals surface area contributed by atoms with Gasteiger partial charge < -0.3 is 5.11 Å². The Morgan fingerprint density at radius 2 is 2.18 bits per heavy atom. The van der Waals surface area contributed by atoms with Crippen LogP contribution in [0.1, 0.15) is 30.6 Å². The van der Waals surface area contributed by atoms with Crippen LogP contribution < -0.4 is 0 Å². The Hall–Kier alpha value is -2.42. The van der Waals surface area contributed by atoms with Gasteiger partial charge in [0.1, 0.15) is 0 Å². The molecule has 0 saturated carbocycles. The van der Waals surface area contributed by atoms with Gasteiger partial charge in [-0.1, -0.05) is 6.07 Å². The fraction of sp³-hybridized carbons (Fsp3) is 0.385. The number of nitro groups is 1. The maximum atomic E-state index is 13.7. The molecule has 1 heterocycles. The molecule has 1 aromatic rings. The second kappa shape index (κ2) is 5.09. The van der Waals surface area contributed by atoms with Crippen molar-refractivity contribution in [3.05, 3.63) is 39.9 Å². The Balaban J connectivity index is 2.43. The molecule has 1 aliphatic rings. The summed E-state index contributed by atoms with van der Waals surface area (Å²) in [6.07, 6.45) is -0.503. The van der Waals surface area contributed by atoms with Crippen LogP contribution in [0.2, 0.25) is 0 Å². The molecular formula is C13H13F2N3O4. The second-order valence-electron chi connectivity index (χ2n) is 5.14. The van der Waals surface area contributed by atoms with E-state index in [1.807, 2.05) is 0 Å². The molecule has 9 heteroatoms. The lowest BCUT2D eigenvalue weighted by molar-refractivity contribution is -0.384. The van der Waals surface area contributed by atoms with Crippen LogP contribution in [0.5, 0.6) is 0 Å². The van der Waals surface area contributed by atoms with Gasteiger partial charge in [-0.2, -0.15) is 10.1 Å². The van der Waals surface area contributed by atoms with Gasteiger partial charge in [0.25, 0.3) is 17.5 Å². The normalized spacial score (nSPS) is 21.7. The molecule has 0 aromatic heterocycles. The predicted octanol–water partition coefficient (Wildman–Crippen LogP) is 2.16. The van der Waals surface area contributed by atoms with E-state index in [1.54, 1.807) is 0 Å². The number of hydrazone groups is 1. The van der Waals surface area contributed by atoms with Crippen LogP contribution in [0.25, 0.3) is 0 Å². The third kappa shape index (κ3) is 2.54. The summed E-state index contributed by atoms with van der Waals surface area (Å²) in [4.78, 5) is 22.3. The first-order chi connectivity index (χ1) is 10.1. The van der Waals surface area contributed by atoms with Crippen molar-refractivity contribution in [2.45, 2.75) is 31.9 Å². The van der Waals surface area contributed by atoms with Crippen molar-refractivity contribution < 1.29 is 23.6 Å². The number of carbonyl (C=O) groups is 1. The molecule has 1 atom stereocenters. The number of halogens is 2. The van der Waals surface area contributed by atoms with Crippen LogP contribution in [0.4, 0.5) is 14.5 Å². The largest absolute Gasteiger partial charge is 0.364 e. The minimum absolute atomic E-state index is 0.155. The zero-order valence-electron chi connectivity index (χ0n) is 11.8. The number of carbonyl (C=O) groups excluding carboxylic acids is 1. The second-order valence-corrected chi connectivity index (χ2v) is 5.14. The predicted molar refractivity (Wildman–Crippen MR) is 72.6 cm³/mol. The van der Waals surface area contributed by atoms with Gasteiger partial charge in [-0.05, 0) is 13.0 Å². The third-order valence-electron chi connectivity index (χ3n) is 3.32. The minimum Gasteiger partial charge on any atom is -0.364 e. The van der Waals surface area contributed by atoms with Crippen molar-refractivity contribution in [1.29, 1.82) is 0 Å². The average molecular weight is 313 g/mol. The molecule has 1 N–H and O–H groups in total. The number of non-ortho nitro benzene ring substituents is 1. The van der Waals surface area contributed by atoms with Gasteiger partial charge in [0.2, 0.25) is 5.72 Å². The lowest BCUT2D eigenvalue weighted by Gasteiger charge is -2.35. The molecule has 0 radical (unpaired) electrons. The van der Waals surface area contributed by atoms with Crippen molar-refractivity contribution in [2.24, 2.45) is 5.10 Å². The fourth-order valence-electron chi connectivity index (χ4n) is 2.15. The third-order valence-corrected chi connectivity index (χ3v) is 3.32. The maximum absolute atomic E-state index is 13.7. The summed E-state index contributed by atoms with van der Waals surface area (Å²) in [6.45, 7) is 1.88. The van der Waals surface area contributed by atoms with Gasteiger partial charge in [0.15, 0.2) is 0 Å². The molecule has 0 fully saturated rings. The molecule has 7 nitrogen and oxygen atoms in total. The van der Waals surface area contributed by atoms with Gasteiger partial charge in [-0.25, -0.2) is 8.78 Å². The lowest BCUT2D eigenvalue weighted by Crippen LogP contribution is -2.57. The highest BCUT2D eigenvalue weighted by Crippen LogP contribution is 2.39. The summed E-state index contributed by atoms with van der Waals surface area (Å²) in [5.74, 6) is -4.66. The summed E-state index contributed by atoms with van der Waals surface area (Å²) >= 11 is 0. The Bertz CT molecular complexity index is 671. The van der Waals surface area contributed by atoms with Crippen LogP contribution >= 0.6 is 0 Å². The first kappa shape index (κ1) is 16.0. The number of benzene rings is 1. The topological polar surface area (TPSA) is 96.0 Å². The number of aliphatic hydroxyl groups is 1. The molecule has 0 unspecified atom stereocenters. The summed E-state index contributed by atoms with van der Waals surface area (Å²) in [5.41, 5.74) is -3.21. The first-order valence-corrected chi connectivity index (χ1v) is 6.29. The fourth-order valence-corrected chi connectivity index (χ4v) is 2.15. The molecule has 2 rings (SSSR count). The van der Waals surface area contributed by atoms with E-state index in [4.69, 9.17) is 0 Å². The smallest absolute Gasteiger partial charge is 0.294 e. The van der Waals surface area contributed by atoms with Crippen LogP contribution in [0.3, 0.4) is 0 Å². The van der Waals surface area contributed by atoms with Crippen molar-refractivity contribution in [3.63, 3.8) is 0 Å². The Kier molecular flexibility index (Phi) is 3.69. The van der Waals surface area contributed by atoms with E-state index in [2.05, 4.69) is 5.10 Å². The van der Waals surface area contributed by atoms with Gasteiger partial charge in [0.05, 0.1) is 4.92 Å². The van der Waals surface area contributed by atoms with Crippen LogP contribution in [0.15, 0.2) is 29.4 Å². The van der Waals surface area contributed by atoms with Gasteiger partial charge in [-0.3, -0.25) is 14.9 Å². The SMILES string of the molecule is CC1=NN(C(=O)c2cccc([N+](=O)[O-])c2)[C@@](O)(C(C)(F)F)C1. The standard InChI is InChI=1S/C13H13F2N3O4/c1-8-7-13(20,12(2,14)15)17(16-8)11(19)9-4-3-5-10(6-9)18(21)22/h3-6,20H,7H2,1-2H3/t13-/m0/s1. The highest BCUT2D eigenvalue weighted by Gasteiger charge is 2.58. The van der Waals surface area contributed by atoms with E-state index in [9.17, 15) is 28.8 Å². The van der Waals surface area contributed by atoms with Gasteiger partial charge in [0, 0.05) is 36.8 Å². The molecule has 118 valence electrons. The molecule has 0 saturated heterocycles. The zero-order valence-corrected chi connectivity index (χ0v) is 11.8. The molecule has 0 bridgehead atoms. The number of nitrogens with zero attached hydrogens (tertiary/aromatic N) is 3.